The Labute approximate surface area is 207 Å². The van der Waals surface area contributed by atoms with Crippen LogP contribution in [0, 0.1) is 12.8 Å². The first kappa shape index (κ1) is 28.4. The van der Waals surface area contributed by atoms with Crippen LogP contribution in [-0.2, 0) is 18.7 Å². The Morgan fingerprint density at radius 3 is 2.24 bits per heavy atom. The highest BCUT2D eigenvalue weighted by Gasteiger charge is 2.48. The number of rotatable bonds is 7. The maximum Gasteiger partial charge on any atom is 0.411 e. The number of esters is 1. The highest BCUT2D eigenvalue weighted by Crippen LogP contribution is 2.45. The van der Waals surface area contributed by atoms with Gasteiger partial charge in [0.15, 0.2) is 8.32 Å². The molecule has 0 N–H and O–H groups in total. The number of aryl methyl sites for hydroxylation is 1. The first-order valence-corrected chi connectivity index (χ1v) is 15.3. The predicted octanol–water partition coefficient (Wildman–Crippen LogP) is 6.64. The number of hydrogen-bond donors (Lipinski definition) is 0. The number of ether oxygens (including phenoxy) is 2. The van der Waals surface area contributed by atoms with Crippen molar-refractivity contribution < 1.29 is 23.5 Å². The Hall–Kier alpha value is -1.86. The first-order chi connectivity index (χ1) is 15.6. The second kappa shape index (κ2) is 10.8. The van der Waals surface area contributed by atoms with Crippen LogP contribution < -0.4 is 0 Å². The molecule has 0 unspecified atom stereocenters. The molecule has 0 aliphatic carbocycles. The zero-order valence-electron chi connectivity index (χ0n) is 22.9. The lowest BCUT2D eigenvalue weighted by molar-refractivity contribution is -0.144. The van der Waals surface area contributed by atoms with Crippen LogP contribution in [0.5, 0.6) is 0 Å². The summed E-state index contributed by atoms with van der Waals surface area (Å²) in [7, 11) is -2.00. The van der Waals surface area contributed by atoms with Crippen molar-refractivity contribution in [2.75, 3.05) is 13.2 Å². The van der Waals surface area contributed by atoms with Gasteiger partial charge in [-0.05, 0) is 70.3 Å². The van der Waals surface area contributed by atoms with Crippen molar-refractivity contribution in [3.8, 4) is 0 Å². The summed E-state index contributed by atoms with van der Waals surface area (Å²) in [4.78, 5) is 27.8. The second-order valence-corrected chi connectivity index (χ2v) is 16.7. The van der Waals surface area contributed by atoms with E-state index in [1.807, 2.05) is 32.9 Å². The SMILES string of the molecule is CCOC(=O)C[C@H]1C[C@H](CO[Si](C)(C)C(C)(C)C)[C@@H](c2ccccc2C)N1C(=O)OC(C)(C)C. The topological polar surface area (TPSA) is 65.1 Å². The smallest absolute Gasteiger partial charge is 0.411 e. The Morgan fingerprint density at radius 2 is 1.71 bits per heavy atom. The first-order valence-electron chi connectivity index (χ1n) is 12.4. The van der Waals surface area contributed by atoms with Gasteiger partial charge < -0.3 is 13.9 Å². The monoisotopic (exact) mass is 491 g/mol. The second-order valence-electron chi connectivity index (χ2n) is 11.9. The lowest BCUT2D eigenvalue weighted by Gasteiger charge is -2.38. The molecule has 1 fully saturated rings. The molecule has 34 heavy (non-hydrogen) atoms. The van der Waals surface area contributed by atoms with E-state index in [1.54, 1.807) is 11.8 Å². The predicted molar refractivity (Wildman–Crippen MR) is 138 cm³/mol. The number of nitrogens with zero attached hydrogens (tertiary/aromatic N) is 1. The minimum absolute atomic E-state index is 0.0437. The molecular formula is C27H45NO5Si. The Balaban J connectivity index is 2.49. The van der Waals surface area contributed by atoms with E-state index in [2.05, 4.69) is 52.9 Å². The van der Waals surface area contributed by atoms with E-state index in [0.717, 1.165) is 11.1 Å². The molecule has 1 aromatic carbocycles. The zero-order valence-corrected chi connectivity index (χ0v) is 23.9. The summed E-state index contributed by atoms with van der Waals surface area (Å²) in [6.07, 6.45) is 0.405. The van der Waals surface area contributed by atoms with Crippen LogP contribution in [0.4, 0.5) is 4.79 Å². The van der Waals surface area contributed by atoms with Crippen molar-refractivity contribution in [2.24, 2.45) is 5.92 Å². The molecule has 0 spiro atoms. The lowest BCUT2D eigenvalue weighted by Crippen LogP contribution is -2.44. The van der Waals surface area contributed by atoms with Crippen molar-refractivity contribution in [2.45, 2.75) is 104 Å². The molecule has 0 saturated carbocycles. The maximum atomic E-state index is 13.5. The number of amides is 1. The van der Waals surface area contributed by atoms with Crippen molar-refractivity contribution >= 4 is 20.4 Å². The number of hydrogen-bond acceptors (Lipinski definition) is 5. The van der Waals surface area contributed by atoms with E-state index in [-0.39, 0.29) is 35.4 Å². The summed E-state index contributed by atoms with van der Waals surface area (Å²) in [6.45, 7) is 21.5. The van der Waals surface area contributed by atoms with Crippen LogP contribution in [-0.4, -0.2) is 50.1 Å². The van der Waals surface area contributed by atoms with Gasteiger partial charge in [0.2, 0.25) is 0 Å². The fourth-order valence-corrected chi connectivity index (χ4v) is 5.29. The van der Waals surface area contributed by atoms with Crippen LogP contribution in [0.25, 0.3) is 0 Å². The average Bonchev–Trinajstić information content (AvgIpc) is 3.02. The Bertz CT molecular complexity index is 855. The standard InChI is InChI=1S/C27H45NO5Si/c1-11-31-23(29)17-21-16-20(18-32-34(9,10)27(6,7)8)24(22-15-13-12-14-19(22)2)28(21)25(30)33-26(3,4)5/h12-15,20-21,24H,11,16-18H2,1-10H3/t20-,21-,24+/m1/s1. The van der Waals surface area contributed by atoms with Gasteiger partial charge in [-0.3, -0.25) is 9.69 Å². The molecule has 1 heterocycles. The third kappa shape index (κ3) is 7.07. The molecule has 3 atom stereocenters. The molecular weight excluding hydrogens is 446 g/mol. The summed E-state index contributed by atoms with van der Waals surface area (Å²) >= 11 is 0. The third-order valence-electron chi connectivity index (χ3n) is 7.00. The molecule has 7 heteroatoms. The summed E-state index contributed by atoms with van der Waals surface area (Å²) in [5.41, 5.74) is 1.54. The Kier molecular flexibility index (Phi) is 9.03. The van der Waals surface area contributed by atoms with Crippen LogP contribution in [0.1, 0.15) is 78.5 Å². The van der Waals surface area contributed by atoms with Gasteiger partial charge >= 0.3 is 12.1 Å². The molecule has 192 valence electrons. The highest BCUT2D eigenvalue weighted by molar-refractivity contribution is 6.74. The van der Waals surface area contributed by atoms with Gasteiger partial charge in [0.1, 0.15) is 5.60 Å². The molecule has 1 aromatic rings. The van der Waals surface area contributed by atoms with E-state index in [0.29, 0.717) is 19.6 Å². The number of carbonyl (C=O) groups excluding carboxylic acids is 2. The van der Waals surface area contributed by atoms with Crippen LogP contribution in [0.3, 0.4) is 0 Å². The quantitative estimate of drug-likeness (QED) is 0.316. The van der Waals surface area contributed by atoms with Crippen molar-refractivity contribution in [1.82, 2.24) is 4.90 Å². The minimum atomic E-state index is -2.00. The zero-order chi connectivity index (χ0) is 25.9. The van der Waals surface area contributed by atoms with Gasteiger partial charge in [0.25, 0.3) is 0 Å². The normalized spacial score (nSPS) is 21.5. The van der Waals surface area contributed by atoms with E-state index in [1.165, 1.54) is 0 Å². The van der Waals surface area contributed by atoms with Gasteiger partial charge in [-0.25, -0.2) is 4.79 Å². The fourth-order valence-electron chi connectivity index (χ4n) is 4.23. The number of likely N-dealkylation sites (tertiary alicyclic amines) is 1. The largest absolute Gasteiger partial charge is 0.466 e. The summed E-state index contributed by atoms with van der Waals surface area (Å²) in [5.74, 6) is -0.252. The highest BCUT2D eigenvalue weighted by atomic mass is 28.4. The minimum Gasteiger partial charge on any atom is -0.466 e. The molecule has 1 aliphatic heterocycles. The summed E-state index contributed by atoms with van der Waals surface area (Å²) in [5, 5.41) is 0.0823. The fraction of sp³-hybridized carbons (Fsp3) is 0.704. The Morgan fingerprint density at radius 1 is 1.09 bits per heavy atom. The van der Waals surface area contributed by atoms with Crippen molar-refractivity contribution in [3.05, 3.63) is 35.4 Å². The molecule has 6 nitrogen and oxygen atoms in total. The summed E-state index contributed by atoms with van der Waals surface area (Å²) in [6, 6.07) is 7.59. The van der Waals surface area contributed by atoms with E-state index < -0.39 is 20.0 Å². The molecule has 2 rings (SSSR count). The van der Waals surface area contributed by atoms with Gasteiger partial charge in [-0.2, -0.15) is 0 Å². The van der Waals surface area contributed by atoms with E-state index in [9.17, 15) is 9.59 Å². The lowest BCUT2D eigenvalue weighted by atomic mass is 9.91. The van der Waals surface area contributed by atoms with Crippen LogP contribution in [0.15, 0.2) is 24.3 Å². The van der Waals surface area contributed by atoms with Crippen LogP contribution >= 0.6 is 0 Å². The third-order valence-corrected chi connectivity index (χ3v) is 11.5. The van der Waals surface area contributed by atoms with Crippen molar-refractivity contribution in [1.29, 1.82) is 0 Å². The van der Waals surface area contributed by atoms with Gasteiger partial charge in [0.05, 0.1) is 19.1 Å². The van der Waals surface area contributed by atoms with E-state index in [4.69, 9.17) is 13.9 Å². The van der Waals surface area contributed by atoms with Crippen molar-refractivity contribution in [3.63, 3.8) is 0 Å². The molecule has 0 bridgehead atoms. The molecule has 1 aliphatic rings. The molecule has 1 amide bonds. The molecule has 0 aromatic heterocycles. The average molecular weight is 492 g/mol. The molecule has 0 radical (unpaired) electrons. The molecule has 1 saturated heterocycles. The number of benzene rings is 1. The number of carbonyl (C=O) groups is 2. The van der Waals surface area contributed by atoms with Gasteiger partial charge in [-0.15, -0.1) is 0 Å². The van der Waals surface area contributed by atoms with Gasteiger partial charge in [-0.1, -0.05) is 45.0 Å². The van der Waals surface area contributed by atoms with Crippen LogP contribution in [0.2, 0.25) is 18.1 Å². The van der Waals surface area contributed by atoms with Gasteiger partial charge in [0, 0.05) is 18.6 Å². The van der Waals surface area contributed by atoms with E-state index >= 15 is 0 Å². The summed E-state index contributed by atoms with van der Waals surface area (Å²) < 4.78 is 17.7. The maximum absolute atomic E-state index is 13.5.